The van der Waals surface area contributed by atoms with Gasteiger partial charge in [0.1, 0.15) is 0 Å². The number of rotatable bonds is 3. The van der Waals surface area contributed by atoms with Crippen molar-refractivity contribution in [1.82, 2.24) is 4.90 Å². The number of carbonyl (C=O) groups is 1. The molecule has 2 atom stereocenters. The van der Waals surface area contributed by atoms with Gasteiger partial charge < -0.3 is 18.9 Å². The Hall–Kier alpha value is -1.41. The zero-order chi connectivity index (χ0) is 24.9. The van der Waals surface area contributed by atoms with E-state index in [1.165, 1.54) is 24.8 Å². The molecular weight excluding hydrogens is 451 g/mol. The van der Waals surface area contributed by atoms with Crippen LogP contribution in [0.1, 0.15) is 91.0 Å². The van der Waals surface area contributed by atoms with E-state index in [4.69, 9.17) is 14.0 Å². The second-order valence-electron chi connectivity index (χ2n) is 13.3. The van der Waals surface area contributed by atoms with Gasteiger partial charge in [0.05, 0.1) is 29.8 Å². The van der Waals surface area contributed by atoms with Crippen LogP contribution in [-0.4, -0.2) is 66.5 Å². The van der Waals surface area contributed by atoms with Gasteiger partial charge in [0.2, 0.25) is 5.91 Å². The molecule has 36 heavy (non-hydrogen) atoms. The summed E-state index contributed by atoms with van der Waals surface area (Å²) in [5.41, 5.74) is 2.32. The monoisotopic (exact) mass is 492 g/mol. The summed E-state index contributed by atoms with van der Waals surface area (Å²) >= 11 is 0. The summed E-state index contributed by atoms with van der Waals surface area (Å²) in [7, 11) is -0.404. The van der Waals surface area contributed by atoms with Gasteiger partial charge in [-0.2, -0.15) is 0 Å². The van der Waals surface area contributed by atoms with Crippen molar-refractivity contribution in [3.63, 3.8) is 0 Å². The lowest BCUT2D eigenvalue weighted by molar-refractivity contribution is -0.125. The molecular formula is C29H41BN2O4. The van der Waals surface area contributed by atoms with E-state index >= 15 is 0 Å². The highest BCUT2D eigenvalue weighted by Gasteiger charge is 2.57. The number of amides is 1. The predicted octanol–water partition coefficient (Wildman–Crippen LogP) is 3.93. The zero-order valence-electron chi connectivity index (χ0n) is 22.4. The van der Waals surface area contributed by atoms with Crippen LogP contribution in [-0.2, 0) is 24.3 Å². The number of benzene rings is 1. The molecule has 0 N–H and O–H groups in total. The molecule has 4 heterocycles. The molecule has 1 spiro atoms. The summed E-state index contributed by atoms with van der Waals surface area (Å²) in [4.78, 5) is 19.2. The molecule has 2 aliphatic carbocycles. The Morgan fingerprint density at radius 3 is 2.14 bits per heavy atom. The van der Waals surface area contributed by atoms with Gasteiger partial charge in [-0.25, -0.2) is 0 Å². The molecule has 4 aliphatic heterocycles. The maximum Gasteiger partial charge on any atom is 0.494 e. The number of anilines is 1. The topological polar surface area (TPSA) is 51.2 Å². The molecule has 7 rings (SSSR count). The van der Waals surface area contributed by atoms with Gasteiger partial charge in [-0.3, -0.25) is 9.69 Å². The quantitative estimate of drug-likeness (QED) is 0.599. The lowest BCUT2D eigenvalue weighted by atomic mass is 9.69. The van der Waals surface area contributed by atoms with Crippen molar-refractivity contribution in [2.75, 3.05) is 18.1 Å². The number of nitrogens with zero attached hydrogens (tertiary/aromatic N) is 2. The fourth-order valence-electron chi connectivity index (χ4n) is 8.00. The Labute approximate surface area is 216 Å². The summed E-state index contributed by atoms with van der Waals surface area (Å²) in [6.07, 6.45) is 10.2. The van der Waals surface area contributed by atoms with Crippen molar-refractivity contribution in [1.29, 1.82) is 0 Å². The molecule has 6 aliphatic rings. The molecule has 3 saturated heterocycles. The normalized spacial score (nSPS) is 36.4. The van der Waals surface area contributed by atoms with Crippen molar-refractivity contribution >= 4 is 24.2 Å². The van der Waals surface area contributed by atoms with E-state index in [9.17, 15) is 4.79 Å². The van der Waals surface area contributed by atoms with Crippen molar-refractivity contribution in [2.24, 2.45) is 0 Å². The van der Waals surface area contributed by atoms with Crippen LogP contribution < -0.4 is 10.4 Å². The fraction of sp³-hybridized carbons (Fsp3) is 0.759. The van der Waals surface area contributed by atoms with Crippen LogP contribution in [0.4, 0.5) is 5.69 Å². The molecule has 2 saturated carbocycles. The van der Waals surface area contributed by atoms with E-state index in [0.29, 0.717) is 30.1 Å². The van der Waals surface area contributed by atoms with Crippen LogP contribution in [0.15, 0.2) is 18.2 Å². The minimum Gasteiger partial charge on any atom is -0.399 e. The zero-order valence-corrected chi connectivity index (χ0v) is 22.4. The molecule has 1 aromatic carbocycles. The lowest BCUT2D eigenvalue weighted by Crippen LogP contribution is -2.61. The summed E-state index contributed by atoms with van der Waals surface area (Å²) in [6.45, 7) is 10.1. The van der Waals surface area contributed by atoms with Gasteiger partial charge in [-0.1, -0.05) is 31.4 Å². The summed E-state index contributed by atoms with van der Waals surface area (Å²) in [5, 5.41) is 0. The summed E-state index contributed by atoms with van der Waals surface area (Å²) in [6, 6.07) is 8.65. The predicted molar refractivity (Wildman–Crippen MR) is 141 cm³/mol. The Morgan fingerprint density at radius 2 is 1.50 bits per heavy atom. The van der Waals surface area contributed by atoms with Crippen LogP contribution in [0, 0.1) is 0 Å². The van der Waals surface area contributed by atoms with Gasteiger partial charge in [-0.15, -0.1) is 0 Å². The Morgan fingerprint density at radius 1 is 0.861 bits per heavy atom. The summed E-state index contributed by atoms with van der Waals surface area (Å²) in [5.74, 6) is 0.358. The molecule has 2 unspecified atom stereocenters. The highest BCUT2D eigenvalue weighted by Crippen LogP contribution is 2.53. The first-order chi connectivity index (χ1) is 17.2. The third kappa shape index (κ3) is 3.28. The smallest absolute Gasteiger partial charge is 0.399 e. The van der Waals surface area contributed by atoms with Gasteiger partial charge in [-0.05, 0) is 83.3 Å². The van der Waals surface area contributed by atoms with Gasteiger partial charge in [0, 0.05) is 29.9 Å². The third-order valence-corrected chi connectivity index (χ3v) is 10.8. The van der Waals surface area contributed by atoms with Crippen LogP contribution in [0.5, 0.6) is 0 Å². The standard InChI is InChI=1S/C29H41BN2O4/c1-27(2)28(3,4)36-30(35-27)19-8-11-24-25(14-19)32(26(33)29(24)12-6-5-7-13-29)23-15-22(16-23)31-20-9-10-21(31)18-34-17-20/h8,11,14,20-23H,5-7,9-10,12-13,15-18H2,1-4H3. The van der Waals surface area contributed by atoms with Crippen molar-refractivity contribution in [3.8, 4) is 0 Å². The van der Waals surface area contributed by atoms with E-state index in [1.54, 1.807) is 0 Å². The van der Waals surface area contributed by atoms with Crippen molar-refractivity contribution in [2.45, 2.75) is 126 Å². The van der Waals surface area contributed by atoms with E-state index in [0.717, 1.165) is 62.9 Å². The van der Waals surface area contributed by atoms with Gasteiger partial charge in [0.25, 0.3) is 0 Å². The van der Waals surface area contributed by atoms with Crippen LogP contribution >= 0.6 is 0 Å². The highest BCUT2D eigenvalue weighted by molar-refractivity contribution is 6.62. The first kappa shape index (κ1) is 23.7. The van der Waals surface area contributed by atoms with E-state index < -0.39 is 7.12 Å². The molecule has 7 heteroatoms. The Bertz CT molecular complexity index is 1030. The maximum absolute atomic E-state index is 14.3. The number of hydrogen-bond acceptors (Lipinski definition) is 5. The fourth-order valence-corrected chi connectivity index (χ4v) is 8.00. The van der Waals surface area contributed by atoms with Crippen molar-refractivity contribution in [3.05, 3.63) is 23.8 Å². The highest BCUT2D eigenvalue weighted by atomic mass is 16.7. The van der Waals surface area contributed by atoms with Gasteiger partial charge in [0.15, 0.2) is 0 Å². The van der Waals surface area contributed by atoms with E-state index in [1.807, 2.05) is 0 Å². The van der Waals surface area contributed by atoms with E-state index in [2.05, 4.69) is 55.7 Å². The number of morpholine rings is 1. The largest absolute Gasteiger partial charge is 0.494 e. The van der Waals surface area contributed by atoms with Crippen LogP contribution in [0.3, 0.4) is 0 Å². The number of ether oxygens (including phenoxy) is 1. The van der Waals surface area contributed by atoms with Crippen LogP contribution in [0.25, 0.3) is 0 Å². The Balaban J connectivity index is 1.19. The van der Waals surface area contributed by atoms with Crippen LogP contribution in [0.2, 0.25) is 0 Å². The van der Waals surface area contributed by atoms with Crippen molar-refractivity contribution < 1.29 is 18.8 Å². The minimum absolute atomic E-state index is 0.290. The molecule has 2 bridgehead atoms. The molecule has 5 fully saturated rings. The summed E-state index contributed by atoms with van der Waals surface area (Å²) < 4.78 is 18.6. The number of hydrogen-bond donors (Lipinski definition) is 0. The second kappa shape index (κ2) is 8.05. The first-order valence-corrected chi connectivity index (χ1v) is 14.4. The minimum atomic E-state index is -0.404. The molecule has 0 aromatic heterocycles. The SMILES string of the molecule is CC1(C)OB(c2ccc3c(c2)N(C2CC(N4C5CCC4COC5)C2)C(=O)C32CCCCC2)OC1(C)C. The third-order valence-electron chi connectivity index (χ3n) is 10.8. The molecule has 1 aromatic rings. The second-order valence-corrected chi connectivity index (χ2v) is 13.3. The maximum atomic E-state index is 14.3. The average molecular weight is 492 g/mol. The molecule has 0 radical (unpaired) electrons. The Kier molecular flexibility index (Phi) is 5.30. The molecule has 194 valence electrons. The first-order valence-electron chi connectivity index (χ1n) is 14.4. The average Bonchev–Trinajstić information content (AvgIpc) is 3.28. The lowest BCUT2D eigenvalue weighted by Gasteiger charge is -2.50. The van der Waals surface area contributed by atoms with E-state index in [-0.39, 0.29) is 16.6 Å². The van der Waals surface area contributed by atoms with Gasteiger partial charge >= 0.3 is 7.12 Å². The molecule has 1 amide bonds. The number of fused-ring (bicyclic) bond motifs is 4. The number of carbonyl (C=O) groups excluding carboxylic acids is 1. The molecule has 6 nitrogen and oxygen atoms in total.